The van der Waals surface area contributed by atoms with Crippen molar-refractivity contribution in [2.45, 2.75) is 19.9 Å². The quantitative estimate of drug-likeness (QED) is 0.837. The summed E-state index contributed by atoms with van der Waals surface area (Å²) >= 11 is 9.39. The smallest absolute Gasteiger partial charge is 0.145 e. The molecule has 0 saturated heterocycles. The molecule has 0 aliphatic carbocycles. The second kappa shape index (κ2) is 5.88. The molecule has 2 nitrogen and oxygen atoms in total. The number of anilines is 1. The van der Waals surface area contributed by atoms with Crippen molar-refractivity contribution >= 4 is 33.3 Å². The van der Waals surface area contributed by atoms with E-state index in [0.29, 0.717) is 16.4 Å². The number of halogens is 3. The SMILES string of the molecule is Cc1ccc(C(C)Nc2ncc(Br)cc2Cl)cc1F. The lowest BCUT2D eigenvalue weighted by Gasteiger charge is -2.16. The summed E-state index contributed by atoms with van der Waals surface area (Å²) in [6.07, 6.45) is 1.66. The highest BCUT2D eigenvalue weighted by molar-refractivity contribution is 9.10. The molecule has 1 heterocycles. The number of nitrogens with zero attached hydrogens (tertiary/aromatic N) is 1. The molecule has 0 bridgehead atoms. The van der Waals surface area contributed by atoms with E-state index >= 15 is 0 Å². The predicted molar refractivity (Wildman–Crippen MR) is 80.1 cm³/mol. The van der Waals surface area contributed by atoms with Crippen LogP contribution in [-0.4, -0.2) is 4.98 Å². The molecule has 1 unspecified atom stereocenters. The Balaban J connectivity index is 2.20. The van der Waals surface area contributed by atoms with E-state index in [1.54, 1.807) is 25.3 Å². The van der Waals surface area contributed by atoms with Gasteiger partial charge in [0, 0.05) is 10.7 Å². The van der Waals surface area contributed by atoms with Gasteiger partial charge in [0.05, 0.1) is 11.1 Å². The van der Waals surface area contributed by atoms with E-state index in [1.165, 1.54) is 6.07 Å². The lowest BCUT2D eigenvalue weighted by atomic mass is 10.1. The Labute approximate surface area is 125 Å². The van der Waals surface area contributed by atoms with Crippen LogP contribution in [0.25, 0.3) is 0 Å². The molecule has 100 valence electrons. The molecule has 2 rings (SSSR count). The van der Waals surface area contributed by atoms with E-state index < -0.39 is 0 Å². The first-order valence-corrected chi connectivity index (χ1v) is 6.98. The molecule has 0 saturated carbocycles. The van der Waals surface area contributed by atoms with Gasteiger partial charge >= 0.3 is 0 Å². The summed E-state index contributed by atoms with van der Waals surface area (Å²) in [7, 11) is 0. The number of hydrogen-bond acceptors (Lipinski definition) is 2. The van der Waals surface area contributed by atoms with Gasteiger partial charge in [-0.15, -0.1) is 0 Å². The second-order valence-electron chi connectivity index (χ2n) is 4.36. The van der Waals surface area contributed by atoms with E-state index in [-0.39, 0.29) is 11.9 Å². The zero-order valence-corrected chi connectivity index (χ0v) is 12.9. The fourth-order valence-corrected chi connectivity index (χ4v) is 2.37. The van der Waals surface area contributed by atoms with Gasteiger partial charge in [-0.25, -0.2) is 9.37 Å². The summed E-state index contributed by atoms with van der Waals surface area (Å²) in [5.41, 5.74) is 1.49. The molecule has 0 fully saturated rings. The van der Waals surface area contributed by atoms with Crippen molar-refractivity contribution < 1.29 is 4.39 Å². The summed E-state index contributed by atoms with van der Waals surface area (Å²) in [6.45, 7) is 3.68. The van der Waals surface area contributed by atoms with Crippen molar-refractivity contribution in [2.24, 2.45) is 0 Å². The largest absolute Gasteiger partial charge is 0.362 e. The molecule has 1 aromatic heterocycles. The van der Waals surface area contributed by atoms with Gasteiger partial charge in [-0.1, -0.05) is 23.7 Å². The first-order valence-electron chi connectivity index (χ1n) is 5.81. The molecule has 1 atom stereocenters. The minimum absolute atomic E-state index is 0.0822. The third kappa shape index (κ3) is 3.45. The molecule has 19 heavy (non-hydrogen) atoms. The van der Waals surface area contributed by atoms with Gasteiger partial charge in [-0.3, -0.25) is 0 Å². The average molecular weight is 344 g/mol. The minimum atomic E-state index is -0.207. The van der Waals surface area contributed by atoms with E-state index in [1.807, 2.05) is 13.0 Å². The Bertz CT molecular complexity index is 604. The molecule has 0 aliphatic rings. The van der Waals surface area contributed by atoms with Crippen molar-refractivity contribution in [3.05, 3.63) is 56.9 Å². The Morgan fingerprint density at radius 2 is 2.11 bits per heavy atom. The molecule has 0 aliphatic heterocycles. The van der Waals surface area contributed by atoms with Crippen LogP contribution in [0.2, 0.25) is 5.02 Å². The number of nitrogens with one attached hydrogen (secondary N) is 1. The zero-order chi connectivity index (χ0) is 14.0. The van der Waals surface area contributed by atoms with Crippen molar-refractivity contribution in [3.63, 3.8) is 0 Å². The van der Waals surface area contributed by atoms with Crippen LogP contribution >= 0.6 is 27.5 Å². The van der Waals surface area contributed by atoms with Crippen molar-refractivity contribution in [1.82, 2.24) is 4.98 Å². The summed E-state index contributed by atoms with van der Waals surface area (Å²) in [4.78, 5) is 4.20. The van der Waals surface area contributed by atoms with Crippen LogP contribution in [0.1, 0.15) is 24.1 Å². The van der Waals surface area contributed by atoms with Crippen LogP contribution in [0.15, 0.2) is 34.9 Å². The summed E-state index contributed by atoms with van der Waals surface area (Å²) in [5, 5.41) is 3.69. The van der Waals surface area contributed by atoms with Gasteiger partial charge in [-0.2, -0.15) is 0 Å². The topological polar surface area (TPSA) is 24.9 Å². The Hall–Kier alpha value is -1.13. The Morgan fingerprint density at radius 3 is 2.74 bits per heavy atom. The normalized spacial score (nSPS) is 12.3. The third-order valence-corrected chi connectivity index (χ3v) is 3.58. The van der Waals surface area contributed by atoms with Gasteiger partial charge in [0.25, 0.3) is 0 Å². The fourth-order valence-electron chi connectivity index (χ4n) is 1.69. The maximum Gasteiger partial charge on any atom is 0.145 e. The highest BCUT2D eigenvalue weighted by atomic mass is 79.9. The summed E-state index contributed by atoms with van der Waals surface area (Å²) in [6, 6.07) is 6.86. The molecule has 1 N–H and O–H groups in total. The number of pyridine rings is 1. The van der Waals surface area contributed by atoms with E-state index in [0.717, 1.165) is 10.0 Å². The monoisotopic (exact) mass is 342 g/mol. The molecular weight excluding hydrogens is 331 g/mol. The third-order valence-electron chi connectivity index (χ3n) is 2.86. The Morgan fingerprint density at radius 1 is 1.37 bits per heavy atom. The number of hydrogen-bond donors (Lipinski definition) is 1. The first-order chi connectivity index (χ1) is 8.97. The summed E-state index contributed by atoms with van der Waals surface area (Å²) < 4.78 is 14.4. The molecule has 1 aromatic carbocycles. The van der Waals surface area contributed by atoms with E-state index in [2.05, 4.69) is 26.2 Å². The van der Waals surface area contributed by atoms with Crippen LogP contribution in [0, 0.1) is 12.7 Å². The lowest BCUT2D eigenvalue weighted by Crippen LogP contribution is -2.08. The van der Waals surface area contributed by atoms with Crippen LogP contribution in [-0.2, 0) is 0 Å². The van der Waals surface area contributed by atoms with Crippen LogP contribution in [0.5, 0.6) is 0 Å². The van der Waals surface area contributed by atoms with E-state index in [4.69, 9.17) is 11.6 Å². The van der Waals surface area contributed by atoms with Crippen molar-refractivity contribution in [3.8, 4) is 0 Å². The van der Waals surface area contributed by atoms with Gasteiger partial charge < -0.3 is 5.32 Å². The molecular formula is C14H13BrClFN2. The highest BCUT2D eigenvalue weighted by Gasteiger charge is 2.10. The lowest BCUT2D eigenvalue weighted by molar-refractivity contribution is 0.614. The molecule has 5 heteroatoms. The van der Waals surface area contributed by atoms with E-state index in [9.17, 15) is 4.39 Å². The fraction of sp³-hybridized carbons (Fsp3) is 0.214. The van der Waals surface area contributed by atoms with Crippen LogP contribution in [0.3, 0.4) is 0 Å². The van der Waals surface area contributed by atoms with Gasteiger partial charge in [0.15, 0.2) is 0 Å². The van der Waals surface area contributed by atoms with Gasteiger partial charge in [-0.05, 0) is 53.0 Å². The van der Waals surface area contributed by atoms with Crippen LogP contribution < -0.4 is 5.32 Å². The second-order valence-corrected chi connectivity index (χ2v) is 5.68. The number of benzene rings is 1. The number of rotatable bonds is 3. The van der Waals surface area contributed by atoms with Crippen molar-refractivity contribution in [1.29, 1.82) is 0 Å². The van der Waals surface area contributed by atoms with Gasteiger partial charge in [0.2, 0.25) is 0 Å². The molecule has 2 aromatic rings. The molecule has 0 spiro atoms. The standard InChI is InChI=1S/C14H13BrClFN2/c1-8-3-4-10(5-13(8)17)9(2)19-14-12(16)6-11(15)7-18-14/h3-7,9H,1-2H3,(H,18,19). The maximum atomic E-state index is 13.5. The number of aromatic nitrogens is 1. The molecule has 0 amide bonds. The highest BCUT2D eigenvalue weighted by Crippen LogP contribution is 2.27. The zero-order valence-electron chi connectivity index (χ0n) is 10.5. The number of aryl methyl sites for hydroxylation is 1. The Kier molecular flexibility index (Phi) is 4.42. The molecule has 0 radical (unpaired) electrons. The summed E-state index contributed by atoms with van der Waals surface area (Å²) in [5.74, 6) is 0.374. The minimum Gasteiger partial charge on any atom is -0.362 e. The van der Waals surface area contributed by atoms with Crippen molar-refractivity contribution in [2.75, 3.05) is 5.32 Å². The first kappa shape index (κ1) is 14.3. The van der Waals surface area contributed by atoms with Crippen LogP contribution in [0.4, 0.5) is 10.2 Å². The maximum absolute atomic E-state index is 13.5. The predicted octanol–water partition coefficient (Wildman–Crippen LogP) is 5.12. The van der Waals surface area contributed by atoms with Gasteiger partial charge in [0.1, 0.15) is 11.6 Å². The average Bonchev–Trinajstić information content (AvgIpc) is 2.36.